The van der Waals surface area contributed by atoms with Crippen LogP contribution in [0.15, 0.2) is 0 Å². The molecule has 0 spiro atoms. The zero-order valence-corrected chi connectivity index (χ0v) is 17.6. The van der Waals surface area contributed by atoms with Gasteiger partial charge in [-0.2, -0.15) is 50.5 Å². The predicted octanol–water partition coefficient (Wildman–Crippen LogP) is -4.57. The minimum atomic E-state index is -4.67. The van der Waals surface area contributed by atoms with Gasteiger partial charge in [0.15, 0.2) is 0 Å². The molecule has 0 saturated carbocycles. The topological polar surface area (TPSA) is 448 Å². The molecule has 0 amide bonds. The van der Waals surface area contributed by atoms with Crippen LogP contribution in [0.4, 0.5) is 0 Å². The Morgan fingerprint density at radius 1 is 0.226 bits per heavy atom. The van der Waals surface area contributed by atoms with Crippen LogP contribution in [0.3, 0.4) is 0 Å². The molecule has 0 aliphatic carbocycles. The number of hydrogen-bond acceptors (Lipinski definition) is 12. The Bertz CT molecular complexity index is 760. The van der Waals surface area contributed by atoms with Crippen LogP contribution < -0.4 is 0 Å². The van der Waals surface area contributed by atoms with Crippen molar-refractivity contribution in [1.29, 1.82) is 0 Å². The second-order valence-electron chi connectivity index (χ2n) is 2.69. The van der Waals surface area contributed by atoms with Crippen molar-refractivity contribution in [3.63, 3.8) is 0 Å². The zero-order chi connectivity index (χ0) is 27.0. The molecule has 0 aromatic heterocycles. The van der Waals surface area contributed by atoms with Gasteiger partial charge in [0.2, 0.25) is 0 Å². The van der Waals surface area contributed by atoms with Crippen LogP contribution in [-0.2, 0) is 62.4 Å². The molecule has 0 bridgehead atoms. The molecule has 12 N–H and O–H groups in total. The average molecular weight is 629 g/mol. The molecule has 24 nitrogen and oxygen atoms in total. The van der Waals surface area contributed by atoms with Gasteiger partial charge < -0.3 is 0 Å². The third-order valence-electron chi connectivity index (χ3n) is 0. The van der Waals surface area contributed by atoms with Crippen LogP contribution in [-0.4, -0.2) is 157 Å². The molecule has 0 rings (SSSR count). The van der Waals surface area contributed by atoms with Crippen molar-refractivity contribution in [2.45, 2.75) is 0 Å². The molecule has 0 unspecified atom stereocenters. The fraction of sp³-hybridized carbons (Fsp3) is 0. The van der Waals surface area contributed by atoms with Gasteiger partial charge in [-0.3, -0.25) is 54.6 Å². The first-order chi connectivity index (χ1) is 12.0. The molecular weight excluding hydrogens is 615 g/mol. The van der Waals surface area contributed by atoms with Crippen molar-refractivity contribution >= 4 is 114 Å². The van der Waals surface area contributed by atoms with E-state index in [2.05, 4.69) is 0 Å². The third kappa shape index (κ3) is 35000. The van der Waals surface area contributed by atoms with Crippen molar-refractivity contribution in [2.75, 3.05) is 0 Å². The Kier molecular flexibility index (Phi) is 32.1. The Hall–Kier alpha value is 0.856. The molecule has 0 aromatic carbocycles. The van der Waals surface area contributed by atoms with Crippen LogP contribution in [0, 0.1) is 0 Å². The van der Waals surface area contributed by atoms with Crippen LogP contribution >= 0.6 is 0 Å². The summed E-state index contributed by atoms with van der Waals surface area (Å²) in [6.07, 6.45) is 0. The number of hydrogen-bond donors (Lipinski definition) is 12. The first-order valence-corrected chi connectivity index (χ1v) is 12.6. The quantitative estimate of drug-likeness (QED) is 0.0886. The molecule has 0 fully saturated rings. The van der Waals surface area contributed by atoms with Gasteiger partial charge in [0.25, 0.3) is 0 Å². The fourth-order valence-electron chi connectivity index (χ4n) is 0. The van der Waals surface area contributed by atoms with E-state index < -0.39 is 62.4 Å². The molecule has 0 saturated heterocycles. The maximum absolute atomic E-state index is 8.74. The summed E-state index contributed by atoms with van der Waals surface area (Å²) >= 11 is 0. The molecule has 0 radical (unpaired) electrons. The summed E-state index contributed by atoms with van der Waals surface area (Å²) in [6, 6.07) is 0. The maximum atomic E-state index is 8.74. The van der Waals surface area contributed by atoms with Crippen LogP contribution in [0.1, 0.15) is 0 Å². The molecule has 0 atom stereocenters. The van der Waals surface area contributed by atoms with E-state index in [1.54, 1.807) is 0 Å². The van der Waals surface area contributed by atoms with Gasteiger partial charge in [0, 0.05) is 0 Å². The molecule has 31 heavy (non-hydrogen) atoms. The summed E-state index contributed by atoms with van der Waals surface area (Å²) in [5.41, 5.74) is 0. The normalized spacial score (nSPS) is 11.2. The van der Waals surface area contributed by atoms with Gasteiger partial charge in [0.1, 0.15) is 0 Å². The van der Waals surface area contributed by atoms with Crippen molar-refractivity contribution < 1.29 is 105 Å². The number of rotatable bonds is 0. The Labute approximate surface area is 216 Å². The van der Waals surface area contributed by atoms with E-state index in [9.17, 15) is 0 Å². The van der Waals surface area contributed by atoms with Gasteiger partial charge in [-0.15, -0.1) is 0 Å². The first-order valence-electron chi connectivity index (χ1n) is 4.19. The summed E-state index contributed by atoms with van der Waals surface area (Å²) in [6.45, 7) is 0. The molecule has 31 heteroatoms. The minimum absolute atomic E-state index is 0. The van der Waals surface area contributed by atoms with E-state index in [0.29, 0.717) is 0 Å². The zero-order valence-electron chi connectivity index (χ0n) is 12.7. The second-order valence-corrected chi connectivity index (χ2v) is 8.06. The Balaban J connectivity index is -0.0000000443. The van der Waals surface area contributed by atoms with Crippen molar-refractivity contribution in [1.82, 2.24) is 0 Å². The van der Waals surface area contributed by atoms with E-state index >= 15 is 0 Å². The molecule has 0 aromatic rings. The monoisotopic (exact) mass is 628 g/mol. The van der Waals surface area contributed by atoms with Gasteiger partial charge in [0.05, 0.1) is 0 Å². The van der Waals surface area contributed by atoms with E-state index in [0.717, 1.165) is 0 Å². The summed E-state index contributed by atoms with van der Waals surface area (Å²) in [4.78, 5) is 0. The van der Waals surface area contributed by atoms with E-state index in [1.165, 1.54) is 0 Å². The van der Waals surface area contributed by atoms with Crippen LogP contribution in [0.25, 0.3) is 0 Å². The summed E-state index contributed by atoms with van der Waals surface area (Å²) < 4.78 is 190. The van der Waals surface area contributed by atoms with Crippen LogP contribution in [0.5, 0.6) is 0 Å². The van der Waals surface area contributed by atoms with Crippen molar-refractivity contribution in [3.8, 4) is 0 Å². The SMILES string of the molecule is O=S(=O)(O)O.O=S(=O)(O)O.O=S(=O)(O)O.O=S(=O)(O)O.O=S(=O)(O)O.O=S(=O)(O)O.[KH]. The molecule has 0 aliphatic heterocycles. The average Bonchev–Trinajstić information content (AvgIpc) is 1.94. The van der Waals surface area contributed by atoms with Gasteiger partial charge in [-0.1, -0.05) is 0 Å². The van der Waals surface area contributed by atoms with Crippen LogP contribution in [0.2, 0.25) is 0 Å². The molecule has 0 heterocycles. The summed E-state index contributed by atoms with van der Waals surface area (Å²) in [5.74, 6) is 0. The van der Waals surface area contributed by atoms with Crippen molar-refractivity contribution in [3.05, 3.63) is 0 Å². The van der Waals surface area contributed by atoms with E-state index in [1.807, 2.05) is 0 Å². The Morgan fingerprint density at radius 3 is 0.226 bits per heavy atom. The molecule has 194 valence electrons. The van der Waals surface area contributed by atoms with Gasteiger partial charge in [-0.05, 0) is 0 Å². The molecular formula is H13KO24S6. The summed E-state index contributed by atoms with van der Waals surface area (Å²) in [7, 11) is -28.0. The Morgan fingerprint density at radius 2 is 0.226 bits per heavy atom. The fourth-order valence-corrected chi connectivity index (χ4v) is 0. The van der Waals surface area contributed by atoms with E-state index in [4.69, 9.17) is 105 Å². The summed E-state index contributed by atoms with van der Waals surface area (Å²) in [5, 5.41) is 0. The predicted molar refractivity (Wildman–Crippen MR) is 92.2 cm³/mol. The van der Waals surface area contributed by atoms with E-state index in [-0.39, 0.29) is 51.4 Å². The standard InChI is InChI=1S/K.6H2O4S.H/c;6*1-5(2,3)4;/h;6*(H2,1,2,3,4);. The van der Waals surface area contributed by atoms with Gasteiger partial charge in [-0.25, -0.2) is 0 Å². The molecule has 0 aliphatic rings. The van der Waals surface area contributed by atoms with Gasteiger partial charge >= 0.3 is 114 Å². The third-order valence-corrected chi connectivity index (χ3v) is 0. The second kappa shape index (κ2) is 20.2. The van der Waals surface area contributed by atoms with Crippen molar-refractivity contribution in [2.24, 2.45) is 0 Å². The first kappa shape index (κ1) is 49.1.